The topological polar surface area (TPSA) is 12.5 Å². The maximum atomic E-state index is 6.22. The van der Waals surface area contributed by atoms with E-state index in [1.807, 2.05) is 74.8 Å². The Kier molecular flexibility index (Phi) is 8.86. The van der Waals surface area contributed by atoms with E-state index in [1.165, 1.54) is 0 Å². The molecule has 31 heavy (non-hydrogen) atoms. The van der Waals surface area contributed by atoms with E-state index in [2.05, 4.69) is 17.0 Å². The SMILES string of the molecule is CN(C)CCOc1ccc(/C(=C(\CCCl)c2ccc(Cl)cc2)c2ccc(Cl)cc2)cc1. The summed E-state index contributed by atoms with van der Waals surface area (Å²) in [5.41, 5.74) is 5.56. The van der Waals surface area contributed by atoms with Crippen LogP contribution in [0.1, 0.15) is 23.1 Å². The van der Waals surface area contributed by atoms with E-state index in [4.69, 9.17) is 39.5 Å². The van der Waals surface area contributed by atoms with Gasteiger partial charge in [-0.25, -0.2) is 0 Å². The maximum absolute atomic E-state index is 6.22. The van der Waals surface area contributed by atoms with Crippen molar-refractivity contribution in [3.05, 3.63) is 99.5 Å². The predicted octanol–water partition coefficient (Wildman–Crippen LogP) is 7.52. The van der Waals surface area contributed by atoms with E-state index in [-0.39, 0.29) is 0 Å². The quantitative estimate of drug-likeness (QED) is 0.235. The van der Waals surface area contributed by atoms with Crippen LogP contribution in [-0.2, 0) is 0 Å². The number of ether oxygens (including phenoxy) is 1. The zero-order chi connectivity index (χ0) is 22.2. The van der Waals surface area contributed by atoms with E-state index >= 15 is 0 Å². The van der Waals surface area contributed by atoms with Crippen LogP contribution in [0.5, 0.6) is 5.75 Å². The molecule has 0 saturated heterocycles. The molecule has 0 aromatic heterocycles. The van der Waals surface area contributed by atoms with Gasteiger partial charge in [-0.2, -0.15) is 0 Å². The first-order valence-electron chi connectivity index (χ1n) is 10.2. The number of nitrogens with zero attached hydrogens (tertiary/aromatic N) is 1. The molecule has 0 radical (unpaired) electrons. The average molecular weight is 475 g/mol. The van der Waals surface area contributed by atoms with Gasteiger partial charge in [0.25, 0.3) is 0 Å². The van der Waals surface area contributed by atoms with E-state index in [0.29, 0.717) is 22.5 Å². The van der Waals surface area contributed by atoms with Gasteiger partial charge in [0, 0.05) is 22.5 Å². The van der Waals surface area contributed by atoms with Gasteiger partial charge < -0.3 is 9.64 Å². The van der Waals surface area contributed by atoms with Gasteiger partial charge in [0.05, 0.1) is 0 Å². The lowest BCUT2D eigenvalue weighted by molar-refractivity contribution is 0.261. The molecule has 0 aliphatic carbocycles. The molecule has 0 fully saturated rings. The Morgan fingerprint density at radius 1 is 0.742 bits per heavy atom. The largest absolute Gasteiger partial charge is 0.492 e. The molecule has 3 aromatic rings. The van der Waals surface area contributed by atoms with Crippen molar-refractivity contribution in [3.63, 3.8) is 0 Å². The Bertz CT molecular complexity index is 994. The fourth-order valence-corrected chi connectivity index (χ4v) is 3.80. The van der Waals surface area contributed by atoms with E-state index in [1.54, 1.807) is 0 Å². The maximum Gasteiger partial charge on any atom is 0.119 e. The number of allylic oxidation sites excluding steroid dienone is 1. The summed E-state index contributed by atoms with van der Waals surface area (Å²) < 4.78 is 5.87. The zero-order valence-electron chi connectivity index (χ0n) is 17.7. The van der Waals surface area contributed by atoms with Gasteiger partial charge in [0.1, 0.15) is 12.4 Å². The molecule has 3 rings (SSSR count). The minimum Gasteiger partial charge on any atom is -0.492 e. The molecule has 3 aromatic carbocycles. The van der Waals surface area contributed by atoms with Crippen LogP contribution in [0.25, 0.3) is 11.1 Å². The molecule has 0 N–H and O–H groups in total. The lowest BCUT2D eigenvalue weighted by Crippen LogP contribution is -2.19. The normalized spacial score (nSPS) is 12.1. The third kappa shape index (κ3) is 6.75. The Labute approximate surface area is 200 Å². The highest BCUT2D eigenvalue weighted by Crippen LogP contribution is 2.36. The van der Waals surface area contributed by atoms with Gasteiger partial charge in [0.15, 0.2) is 0 Å². The highest BCUT2D eigenvalue weighted by molar-refractivity contribution is 6.31. The molecule has 0 saturated carbocycles. The van der Waals surface area contributed by atoms with Crippen molar-refractivity contribution in [1.29, 1.82) is 0 Å². The number of halogens is 3. The van der Waals surface area contributed by atoms with Crippen LogP contribution in [0.15, 0.2) is 72.8 Å². The molecule has 0 amide bonds. The summed E-state index contributed by atoms with van der Waals surface area (Å²) >= 11 is 18.5. The second-order valence-electron chi connectivity index (χ2n) is 7.48. The second-order valence-corrected chi connectivity index (χ2v) is 8.73. The highest BCUT2D eigenvalue weighted by Gasteiger charge is 2.14. The Morgan fingerprint density at radius 2 is 1.23 bits per heavy atom. The van der Waals surface area contributed by atoms with E-state index in [0.717, 1.165) is 46.6 Å². The van der Waals surface area contributed by atoms with Crippen molar-refractivity contribution in [3.8, 4) is 5.75 Å². The highest BCUT2D eigenvalue weighted by atomic mass is 35.5. The lowest BCUT2D eigenvalue weighted by Gasteiger charge is -2.18. The molecule has 0 atom stereocenters. The standard InChI is InChI=1S/C26H26Cl3NO/c1-30(2)17-18-31-24-13-7-21(8-14-24)26(20-5-11-23(29)12-6-20)25(15-16-27)19-3-9-22(28)10-4-19/h3-14H,15-18H2,1-2H3/b26-25+. The van der Waals surface area contributed by atoms with Crippen molar-refractivity contribution >= 4 is 45.9 Å². The van der Waals surface area contributed by atoms with Crippen molar-refractivity contribution in [2.75, 3.05) is 33.1 Å². The van der Waals surface area contributed by atoms with Gasteiger partial charge in [0.2, 0.25) is 0 Å². The number of benzene rings is 3. The zero-order valence-corrected chi connectivity index (χ0v) is 20.0. The molecule has 5 heteroatoms. The lowest BCUT2D eigenvalue weighted by atomic mass is 9.88. The van der Waals surface area contributed by atoms with Gasteiger partial charge in [-0.3, -0.25) is 0 Å². The summed E-state index contributed by atoms with van der Waals surface area (Å²) in [7, 11) is 4.07. The fraction of sp³-hybridized carbons (Fsp3) is 0.231. The van der Waals surface area contributed by atoms with Crippen LogP contribution >= 0.6 is 34.8 Å². The number of alkyl halides is 1. The Morgan fingerprint density at radius 3 is 1.71 bits per heavy atom. The second kappa shape index (κ2) is 11.6. The monoisotopic (exact) mass is 473 g/mol. The summed E-state index contributed by atoms with van der Waals surface area (Å²) in [5, 5.41) is 1.42. The molecular weight excluding hydrogens is 449 g/mol. The van der Waals surface area contributed by atoms with Crippen LogP contribution in [0.4, 0.5) is 0 Å². The van der Waals surface area contributed by atoms with Crippen LogP contribution in [0, 0.1) is 0 Å². The van der Waals surface area contributed by atoms with E-state index in [9.17, 15) is 0 Å². The van der Waals surface area contributed by atoms with Crippen LogP contribution in [0.3, 0.4) is 0 Å². The third-order valence-electron chi connectivity index (χ3n) is 4.92. The number of likely N-dealkylation sites (N-methyl/N-ethyl adjacent to an activating group) is 1. The van der Waals surface area contributed by atoms with Gasteiger partial charge >= 0.3 is 0 Å². The summed E-state index contributed by atoms with van der Waals surface area (Å²) in [4.78, 5) is 2.10. The Balaban J connectivity index is 2.06. The van der Waals surface area contributed by atoms with Crippen molar-refractivity contribution in [2.45, 2.75) is 6.42 Å². The molecule has 2 nitrogen and oxygen atoms in total. The molecule has 0 heterocycles. The van der Waals surface area contributed by atoms with Crippen molar-refractivity contribution in [2.24, 2.45) is 0 Å². The summed E-state index contributed by atoms with van der Waals surface area (Å²) in [6.07, 6.45) is 0.724. The number of rotatable bonds is 9. The van der Waals surface area contributed by atoms with Gasteiger partial charge in [-0.1, -0.05) is 59.6 Å². The smallest absolute Gasteiger partial charge is 0.119 e. The summed E-state index contributed by atoms with van der Waals surface area (Å²) in [5.74, 6) is 1.37. The molecule has 0 unspecified atom stereocenters. The van der Waals surface area contributed by atoms with Gasteiger partial charge in [-0.15, -0.1) is 11.6 Å². The number of hydrogen-bond acceptors (Lipinski definition) is 2. The van der Waals surface area contributed by atoms with Crippen LogP contribution in [-0.4, -0.2) is 38.0 Å². The average Bonchev–Trinajstić information content (AvgIpc) is 2.76. The van der Waals surface area contributed by atoms with Crippen LogP contribution in [0.2, 0.25) is 10.0 Å². The van der Waals surface area contributed by atoms with Crippen LogP contribution < -0.4 is 4.74 Å². The molecule has 0 spiro atoms. The van der Waals surface area contributed by atoms with Gasteiger partial charge in [-0.05, 0) is 84.8 Å². The first kappa shape index (κ1) is 23.7. The Hall–Kier alpha value is -1.97. The molecule has 0 aliphatic heterocycles. The fourth-order valence-electron chi connectivity index (χ4n) is 3.35. The minimum atomic E-state index is 0.515. The minimum absolute atomic E-state index is 0.515. The molecular formula is C26H26Cl3NO. The third-order valence-corrected chi connectivity index (χ3v) is 5.62. The molecule has 0 bridgehead atoms. The molecule has 162 valence electrons. The number of hydrogen-bond donors (Lipinski definition) is 0. The summed E-state index contributed by atoms with van der Waals surface area (Å²) in [6, 6.07) is 24.0. The van der Waals surface area contributed by atoms with E-state index < -0.39 is 0 Å². The summed E-state index contributed by atoms with van der Waals surface area (Å²) in [6.45, 7) is 1.52. The van der Waals surface area contributed by atoms with Crippen molar-refractivity contribution in [1.82, 2.24) is 4.90 Å². The first-order chi connectivity index (χ1) is 15.0. The first-order valence-corrected chi connectivity index (χ1v) is 11.5. The van der Waals surface area contributed by atoms with Crippen molar-refractivity contribution < 1.29 is 4.74 Å². The molecule has 0 aliphatic rings. The predicted molar refractivity (Wildman–Crippen MR) is 135 cm³/mol.